The lowest BCUT2D eigenvalue weighted by molar-refractivity contribution is 0.491. The van der Waals surface area contributed by atoms with E-state index in [4.69, 9.17) is 16.9 Å². The Hall–Kier alpha value is -1.34. The van der Waals surface area contributed by atoms with E-state index in [1.807, 2.05) is 18.2 Å². The summed E-state index contributed by atoms with van der Waals surface area (Å²) in [6.07, 6.45) is 0.513. The molecule has 1 aliphatic heterocycles. The van der Waals surface area contributed by atoms with Crippen LogP contribution >= 0.6 is 22.9 Å². The van der Waals surface area contributed by atoms with Crippen LogP contribution in [0.4, 0.5) is 0 Å². The van der Waals surface area contributed by atoms with Crippen molar-refractivity contribution in [3.63, 3.8) is 0 Å². The standard InChI is InChI=1S/C15H13ClN2S/c16-13-4-2-1-3-10(13)12-9-18-14(5-7-17)11-6-8-19-15(11)12/h1-4,6,8,12,14,18H,5,9H2. The Labute approximate surface area is 121 Å². The lowest BCUT2D eigenvalue weighted by atomic mass is 9.88. The summed E-state index contributed by atoms with van der Waals surface area (Å²) in [4.78, 5) is 1.34. The first-order valence-electron chi connectivity index (χ1n) is 6.23. The van der Waals surface area contributed by atoms with Crippen LogP contribution in [-0.2, 0) is 0 Å². The summed E-state index contributed by atoms with van der Waals surface area (Å²) >= 11 is 8.07. The third-order valence-corrected chi connectivity index (χ3v) is 4.95. The lowest BCUT2D eigenvalue weighted by Crippen LogP contribution is -2.32. The van der Waals surface area contributed by atoms with Crippen molar-refractivity contribution in [2.45, 2.75) is 18.4 Å². The lowest BCUT2D eigenvalue weighted by Gasteiger charge is -2.29. The number of nitriles is 1. The van der Waals surface area contributed by atoms with E-state index >= 15 is 0 Å². The molecule has 1 aromatic heterocycles. The van der Waals surface area contributed by atoms with Crippen LogP contribution in [0, 0.1) is 11.3 Å². The number of nitrogens with zero attached hydrogens (tertiary/aromatic N) is 1. The van der Waals surface area contributed by atoms with Gasteiger partial charge in [-0.15, -0.1) is 11.3 Å². The van der Waals surface area contributed by atoms with Gasteiger partial charge in [0.2, 0.25) is 0 Å². The van der Waals surface area contributed by atoms with Gasteiger partial charge in [0.15, 0.2) is 0 Å². The Morgan fingerprint density at radius 1 is 1.32 bits per heavy atom. The highest BCUT2D eigenvalue weighted by atomic mass is 35.5. The van der Waals surface area contributed by atoms with Crippen molar-refractivity contribution in [3.8, 4) is 6.07 Å². The number of hydrogen-bond donors (Lipinski definition) is 1. The van der Waals surface area contributed by atoms with E-state index in [0.29, 0.717) is 12.3 Å². The van der Waals surface area contributed by atoms with Gasteiger partial charge in [0.05, 0.1) is 12.5 Å². The molecule has 0 spiro atoms. The third-order valence-electron chi connectivity index (χ3n) is 3.56. The second-order valence-electron chi connectivity index (χ2n) is 4.64. The van der Waals surface area contributed by atoms with Crippen LogP contribution in [-0.4, -0.2) is 6.54 Å². The van der Waals surface area contributed by atoms with Gasteiger partial charge in [-0.3, -0.25) is 0 Å². The summed E-state index contributed by atoms with van der Waals surface area (Å²) in [5.74, 6) is 0.290. The molecule has 1 N–H and O–H groups in total. The van der Waals surface area contributed by atoms with Crippen LogP contribution in [0.1, 0.15) is 34.4 Å². The Morgan fingerprint density at radius 3 is 2.95 bits per heavy atom. The highest BCUT2D eigenvalue weighted by Gasteiger charge is 2.29. The molecule has 4 heteroatoms. The summed E-state index contributed by atoms with van der Waals surface area (Å²) in [6.45, 7) is 0.837. The first-order valence-corrected chi connectivity index (χ1v) is 7.49. The first-order chi connectivity index (χ1) is 9.31. The Balaban J connectivity index is 2.01. The van der Waals surface area contributed by atoms with Gasteiger partial charge in [-0.1, -0.05) is 29.8 Å². The highest BCUT2D eigenvalue weighted by molar-refractivity contribution is 7.10. The van der Waals surface area contributed by atoms with E-state index in [0.717, 1.165) is 17.1 Å². The maximum absolute atomic E-state index is 8.90. The fourth-order valence-electron chi connectivity index (χ4n) is 2.65. The number of rotatable bonds is 2. The number of nitrogens with one attached hydrogen (secondary N) is 1. The molecular formula is C15H13ClN2S. The molecule has 0 amide bonds. The van der Waals surface area contributed by atoms with E-state index in [2.05, 4.69) is 28.9 Å². The van der Waals surface area contributed by atoms with Crippen molar-refractivity contribution < 1.29 is 0 Å². The zero-order valence-corrected chi connectivity index (χ0v) is 11.8. The number of fused-ring (bicyclic) bond motifs is 1. The average molecular weight is 289 g/mol. The van der Waals surface area contributed by atoms with Gasteiger partial charge in [-0.25, -0.2) is 0 Å². The molecule has 2 heterocycles. The normalized spacial score (nSPS) is 21.7. The summed E-state index contributed by atoms with van der Waals surface area (Å²) in [5, 5.41) is 15.3. The zero-order valence-electron chi connectivity index (χ0n) is 10.3. The number of halogens is 1. The second kappa shape index (κ2) is 5.34. The van der Waals surface area contributed by atoms with E-state index in [1.165, 1.54) is 10.4 Å². The first kappa shape index (κ1) is 12.7. The summed E-state index contributed by atoms with van der Waals surface area (Å²) in [7, 11) is 0. The second-order valence-corrected chi connectivity index (χ2v) is 5.99. The van der Waals surface area contributed by atoms with Crippen molar-refractivity contribution in [2.75, 3.05) is 6.54 Å². The topological polar surface area (TPSA) is 35.8 Å². The van der Waals surface area contributed by atoms with Crippen molar-refractivity contribution in [1.82, 2.24) is 5.32 Å². The fourth-order valence-corrected chi connectivity index (χ4v) is 4.00. The molecule has 96 valence electrons. The minimum atomic E-state index is 0.157. The maximum Gasteiger partial charge on any atom is 0.0641 e. The molecule has 0 bridgehead atoms. The summed E-state index contributed by atoms with van der Waals surface area (Å²) in [5.41, 5.74) is 2.42. The molecule has 0 radical (unpaired) electrons. The van der Waals surface area contributed by atoms with Crippen LogP contribution in [0.5, 0.6) is 0 Å². The maximum atomic E-state index is 8.90. The molecule has 2 atom stereocenters. The van der Waals surface area contributed by atoms with Gasteiger partial charge >= 0.3 is 0 Å². The van der Waals surface area contributed by atoms with Crippen molar-refractivity contribution in [3.05, 3.63) is 56.7 Å². The molecule has 0 saturated carbocycles. The number of thiophene rings is 1. The molecule has 3 rings (SSSR count). The summed E-state index contributed by atoms with van der Waals surface area (Å²) < 4.78 is 0. The highest BCUT2D eigenvalue weighted by Crippen LogP contribution is 2.40. The molecule has 19 heavy (non-hydrogen) atoms. The van der Waals surface area contributed by atoms with E-state index < -0.39 is 0 Å². The quantitative estimate of drug-likeness (QED) is 0.903. The molecule has 1 aromatic carbocycles. The third kappa shape index (κ3) is 2.28. The fraction of sp³-hybridized carbons (Fsp3) is 0.267. The molecule has 1 aliphatic rings. The van der Waals surface area contributed by atoms with Crippen LogP contribution in [0.25, 0.3) is 0 Å². The van der Waals surface area contributed by atoms with Gasteiger partial charge < -0.3 is 5.32 Å². The van der Waals surface area contributed by atoms with Crippen molar-refractivity contribution in [2.24, 2.45) is 0 Å². The Morgan fingerprint density at radius 2 is 2.16 bits per heavy atom. The van der Waals surface area contributed by atoms with Gasteiger partial charge in [-0.05, 0) is 28.6 Å². The number of benzene rings is 1. The predicted octanol–water partition coefficient (Wildman–Crippen LogP) is 4.09. The van der Waals surface area contributed by atoms with Crippen LogP contribution < -0.4 is 5.32 Å². The van der Waals surface area contributed by atoms with E-state index in [-0.39, 0.29) is 6.04 Å². The smallest absolute Gasteiger partial charge is 0.0641 e. The average Bonchev–Trinajstić information content (AvgIpc) is 2.90. The Bertz CT molecular complexity index is 629. The van der Waals surface area contributed by atoms with E-state index in [1.54, 1.807) is 11.3 Å². The molecule has 0 aliphatic carbocycles. The largest absolute Gasteiger partial charge is 0.308 e. The van der Waals surface area contributed by atoms with Gasteiger partial charge in [0.1, 0.15) is 0 Å². The summed E-state index contributed by atoms with van der Waals surface area (Å²) in [6, 6.07) is 12.5. The van der Waals surface area contributed by atoms with E-state index in [9.17, 15) is 0 Å². The van der Waals surface area contributed by atoms with Gasteiger partial charge in [-0.2, -0.15) is 5.26 Å². The van der Waals surface area contributed by atoms with Crippen molar-refractivity contribution >= 4 is 22.9 Å². The van der Waals surface area contributed by atoms with Crippen LogP contribution in [0.15, 0.2) is 35.7 Å². The SMILES string of the molecule is N#CCC1NCC(c2ccccc2Cl)c2sccc21. The predicted molar refractivity (Wildman–Crippen MR) is 78.6 cm³/mol. The van der Waals surface area contributed by atoms with Gasteiger partial charge in [0.25, 0.3) is 0 Å². The zero-order chi connectivity index (χ0) is 13.2. The number of hydrogen-bond acceptors (Lipinski definition) is 3. The van der Waals surface area contributed by atoms with Crippen LogP contribution in [0.3, 0.4) is 0 Å². The molecule has 2 aromatic rings. The van der Waals surface area contributed by atoms with Crippen molar-refractivity contribution in [1.29, 1.82) is 5.26 Å². The Kier molecular flexibility index (Phi) is 3.56. The van der Waals surface area contributed by atoms with Crippen LogP contribution in [0.2, 0.25) is 5.02 Å². The molecule has 0 fully saturated rings. The monoisotopic (exact) mass is 288 g/mol. The molecule has 0 saturated heterocycles. The minimum Gasteiger partial charge on any atom is -0.308 e. The van der Waals surface area contributed by atoms with Gasteiger partial charge in [0, 0.05) is 28.4 Å². The molecule has 2 unspecified atom stereocenters. The molecular weight excluding hydrogens is 276 g/mol. The molecule has 2 nitrogen and oxygen atoms in total. The minimum absolute atomic E-state index is 0.157.